The second kappa shape index (κ2) is 6.76. The Kier molecular flexibility index (Phi) is 5.01. The molecule has 0 saturated carbocycles. The molecule has 0 radical (unpaired) electrons. The second-order valence-corrected chi connectivity index (χ2v) is 5.59. The fourth-order valence-corrected chi connectivity index (χ4v) is 2.21. The van der Waals surface area contributed by atoms with E-state index < -0.39 is 0 Å². The zero-order valence-electron chi connectivity index (χ0n) is 12.5. The van der Waals surface area contributed by atoms with E-state index in [2.05, 4.69) is 45.1 Å². The third kappa shape index (κ3) is 3.85. The fourth-order valence-electron chi connectivity index (χ4n) is 1.81. The highest BCUT2D eigenvalue weighted by atomic mass is 79.9. The van der Waals surface area contributed by atoms with Crippen LogP contribution < -0.4 is 14.8 Å². The number of nitrogens with zero attached hydrogens (tertiary/aromatic N) is 2. The normalized spacial score (nSPS) is 10.6. The lowest BCUT2D eigenvalue weighted by molar-refractivity contribution is 0.405. The number of methoxy groups -OCH3 is 2. The van der Waals surface area contributed by atoms with Crippen molar-refractivity contribution in [3.63, 3.8) is 0 Å². The third-order valence-corrected chi connectivity index (χ3v) is 3.30. The van der Waals surface area contributed by atoms with Crippen LogP contribution in [0.1, 0.15) is 25.6 Å². The Hall–Kier alpha value is -1.82. The Morgan fingerprint density at radius 3 is 2.48 bits per heavy atom. The van der Waals surface area contributed by atoms with Gasteiger partial charge >= 0.3 is 0 Å². The second-order valence-electron chi connectivity index (χ2n) is 4.78. The molecule has 0 atom stereocenters. The van der Waals surface area contributed by atoms with Gasteiger partial charge in [0.2, 0.25) is 0 Å². The van der Waals surface area contributed by atoms with E-state index in [1.165, 1.54) is 0 Å². The number of rotatable bonds is 5. The van der Waals surface area contributed by atoms with Crippen LogP contribution in [0.4, 0.5) is 11.5 Å². The van der Waals surface area contributed by atoms with Gasteiger partial charge in [0, 0.05) is 18.1 Å². The number of hydrogen-bond donors (Lipinski definition) is 1. The van der Waals surface area contributed by atoms with Gasteiger partial charge in [-0.25, -0.2) is 9.97 Å². The summed E-state index contributed by atoms with van der Waals surface area (Å²) in [6.45, 7) is 4.11. The Labute approximate surface area is 132 Å². The van der Waals surface area contributed by atoms with Gasteiger partial charge in [-0.15, -0.1) is 0 Å². The predicted octanol–water partition coefficient (Wildman–Crippen LogP) is 4.12. The van der Waals surface area contributed by atoms with Crippen molar-refractivity contribution in [3.05, 3.63) is 34.7 Å². The van der Waals surface area contributed by atoms with Gasteiger partial charge in [0.25, 0.3) is 0 Å². The molecule has 5 nitrogen and oxygen atoms in total. The number of benzene rings is 1. The zero-order valence-corrected chi connectivity index (χ0v) is 14.1. The van der Waals surface area contributed by atoms with Crippen LogP contribution in [-0.2, 0) is 0 Å². The zero-order chi connectivity index (χ0) is 15.4. The average Bonchev–Trinajstić information content (AvgIpc) is 2.46. The topological polar surface area (TPSA) is 56.3 Å². The summed E-state index contributed by atoms with van der Waals surface area (Å²) < 4.78 is 11.3. The number of hydrogen-bond acceptors (Lipinski definition) is 5. The SMILES string of the molecule is COc1ccc(OC)c(Nc2cc(Br)nc(C(C)C)n2)c1. The molecule has 21 heavy (non-hydrogen) atoms. The Morgan fingerprint density at radius 1 is 1.10 bits per heavy atom. The van der Waals surface area contributed by atoms with Gasteiger partial charge < -0.3 is 14.8 Å². The quantitative estimate of drug-likeness (QED) is 0.821. The highest BCUT2D eigenvalue weighted by Crippen LogP contribution is 2.31. The maximum atomic E-state index is 5.35. The highest BCUT2D eigenvalue weighted by Gasteiger charge is 2.10. The van der Waals surface area contributed by atoms with Crippen molar-refractivity contribution in [1.29, 1.82) is 0 Å². The van der Waals surface area contributed by atoms with Crippen molar-refractivity contribution in [2.45, 2.75) is 19.8 Å². The fraction of sp³-hybridized carbons (Fsp3) is 0.333. The number of nitrogens with one attached hydrogen (secondary N) is 1. The summed E-state index contributed by atoms with van der Waals surface area (Å²) in [7, 11) is 3.26. The highest BCUT2D eigenvalue weighted by molar-refractivity contribution is 9.10. The average molecular weight is 352 g/mol. The Balaban J connectivity index is 2.37. The van der Waals surface area contributed by atoms with Gasteiger partial charge in [0.05, 0.1) is 19.9 Å². The molecule has 0 amide bonds. The lowest BCUT2D eigenvalue weighted by Gasteiger charge is -2.13. The first-order chi connectivity index (χ1) is 10.0. The van der Waals surface area contributed by atoms with Crippen molar-refractivity contribution in [3.8, 4) is 11.5 Å². The molecule has 0 aliphatic rings. The summed E-state index contributed by atoms with van der Waals surface area (Å²) in [5.41, 5.74) is 0.789. The van der Waals surface area contributed by atoms with Crippen molar-refractivity contribution >= 4 is 27.4 Å². The summed E-state index contributed by atoms with van der Waals surface area (Å²) in [5.74, 6) is 3.18. The summed E-state index contributed by atoms with van der Waals surface area (Å²) in [6.07, 6.45) is 0. The van der Waals surface area contributed by atoms with Gasteiger partial charge in [-0.3, -0.25) is 0 Å². The Morgan fingerprint density at radius 2 is 1.86 bits per heavy atom. The Bertz CT molecular complexity index is 632. The number of anilines is 2. The van der Waals surface area contributed by atoms with Crippen LogP contribution in [0.3, 0.4) is 0 Å². The summed E-state index contributed by atoms with van der Waals surface area (Å²) in [5, 5.41) is 3.25. The van der Waals surface area contributed by atoms with E-state index in [1.807, 2.05) is 24.3 Å². The monoisotopic (exact) mass is 351 g/mol. The number of aromatic nitrogens is 2. The van der Waals surface area contributed by atoms with Crippen LogP contribution in [0, 0.1) is 0 Å². The summed E-state index contributed by atoms with van der Waals surface area (Å²) >= 11 is 3.41. The first-order valence-corrected chi connectivity index (χ1v) is 7.36. The molecular weight excluding hydrogens is 334 g/mol. The lowest BCUT2D eigenvalue weighted by atomic mass is 10.2. The number of halogens is 1. The minimum Gasteiger partial charge on any atom is -0.497 e. The standard InChI is InChI=1S/C15H18BrN3O2/c1-9(2)15-18-13(16)8-14(19-15)17-11-7-10(20-3)5-6-12(11)21-4/h5-9H,1-4H3,(H,17,18,19). The van der Waals surface area contributed by atoms with Gasteiger partial charge in [0.15, 0.2) is 0 Å². The van der Waals surface area contributed by atoms with E-state index in [1.54, 1.807) is 14.2 Å². The molecule has 1 N–H and O–H groups in total. The summed E-state index contributed by atoms with van der Waals surface area (Å²) in [4.78, 5) is 8.87. The molecule has 0 bridgehead atoms. The van der Waals surface area contributed by atoms with Crippen molar-refractivity contribution in [2.75, 3.05) is 19.5 Å². The molecular formula is C15H18BrN3O2. The maximum Gasteiger partial charge on any atom is 0.142 e. The minimum atomic E-state index is 0.246. The van der Waals surface area contributed by atoms with E-state index >= 15 is 0 Å². The molecule has 0 aliphatic carbocycles. The van der Waals surface area contributed by atoms with Gasteiger partial charge in [0.1, 0.15) is 27.7 Å². The molecule has 0 unspecified atom stereocenters. The van der Waals surface area contributed by atoms with E-state index in [0.29, 0.717) is 5.82 Å². The molecule has 112 valence electrons. The predicted molar refractivity (Wildman–Crippen MR) is 86.6 cm³/mol. The minimum absolute atomic E-state index is 0.246. The maximum absolute atomic E-state index is 5.35. The molecule has 6 heteroatoms. The molecule has 2 aromatic rings. The molecule has 1 aromatic carbocycles. The summed E-state index contributed by atoms with van der Waals surface area (Å²) in [6, 6.07) is 7.38. The first-order valence-electron chi connectivity index (χ1n) is 6.57. The molecule has 0 fully saturated rings. The van der Waals surface area contributed by atoms with Crippen molar-refractivity contribution in [2.24, 2.45) is 0 Å². The smallest absolute Gasteiger partial charge is 0.142 e. The largest absolute Gasteiger partial charge is 0.497 e. The first kappa shape index (κ1) is 15.6. The molecule has 1 aromatic heterocycles. The molecule has 0 spiro atoms. The van der Waals surface area contributed by atoms with Crippen LogP contribution >= 0.6 is 15.9 Å². The van der Waals surface area contributed by atoms with E-state index in [9.17, 15) is 0 Å². The van der Waals surface area contributed by atoms with E-state index in [-0.39, 0.29) is 5.92 Å². The van der Waals surface area contributed by atoms with Crippen molar-refractivity contribution in [1.82, 2.24) is 9.97 Å². The van der Waals surface area contributed by atoms with Gasteiger partial charge in [-0.2, -0.15) is 0 Å². The van der Waals surface area contributed by atoms with Crippen LogP contribution in [0.15, 0.2) is 28.9 Å². The van der Waals surface area contributed by atoms with E-state index in [4.69, 9.17) is 9.47 Å². The molecule has 0 saturated heterocycles. The number of ether oxygens (including phenoxy) is 2. The van der Waals surface area contributed by atoms with Crippen LogP contribution in [0.2, 0.25) is 0 Å². The van der Waals surface area contributed by atoms with Crippen LogP contribution in [0.5, 0.6) is 11.5 Å². The van der Waals surface area contributed by atoms with Gasteiger partial charge in [-0.1, -0.05) is 13.8 Å². The molecule has 2 rings (SSSR count). The third-order valence-electron chi connectivity index (χ3n) is 2.90. The molecule has 0 aliphatic heterocycles. The lowest BCUT2D eigenvalue weighted by Crippen LogP contribution is -2.03. The van der Waals surface area contributed by atoms with E-state index in [0.717, 1.165) is 27.6 Å². The molecule has 1 heterocycles. The van der Waals surface area contributed by atoms with Crippen LogP contribution in [-0.4, -0.2) is 24.2 Å². The van der Waals surface area contributed by atoms with Crippen molar-refractivity contribution < 1.29 is 9.47 Å². The van der Waals surface area contributed by atoms with Crippen LogP contribution in [0.25, 0.3) is 0 Å². The van der Waals surface area contributed by atoms with Gasteiger partial charge in [-0.05, 0) is 28.1 Å².